The van der Waals surface area contributed by atoms with Crippen LogP contribution in [0.5, 0.6) is 0 Å². The van der Waals surface area contributed by atoms with Crippen molar-refractivity contribution in [2.75, 3.05) is 13.2 Å². The molecule has 12 heavy (non-hydrogen) atoms. The third-order valence-electron chi connectivity index (χ3n) is 1.74. The first kappa shape index (κ1) is 9.64. The molecule has 3 nitrogen and oxygen atoms in total. The average Bonchev–Trinajstić information content (AvgIpc) is 2.52. The normalized spacial score (nSPS) is 13.2. The SMILES string of the molecule is CC(CN)c1cnc(CCO)s1. The summed E-state index contributed by atoms with van der Waals surface area (Å²) in [6.45, 7) is 2.90. The molecular weight excluding hydrogens is 172 g/mol. The summed E-state index contributed by atoms with van der Waals surface area (Å²) in [4.78, 5) is 5.39. The van der Waals surface area contributed by atoms with Crippen molar-refractivity contribution in [3.8, 4) is 0 Å². The molecule has 0 spiro atoms. The molecule has 1 aromatic heterocycles. The zero-order valence-electron chi connectivity index (χ0n) is 7.16. The molecule has 68 valence electrons. The van der Waals surface area contributed by atoms with Crippen LogP contribution in [0.4, 0.5) is 0 Å². The van der Waals surface area contributed by atoms with Crippen molar-refractivity contribution in [1.82, 2.24) is 4.98 Å². The van der Waals surface area contributed by atoms with Crippen LogP contribution in [0.1, 0.15) is 22.7 Å². The Kier molecular flexibility index (Phi) is 3.65. The fourth-order valence-electron chi connectivity index (χ4n) is 0.880. The lowest BCUT2D eigenvalue weighted by Crippen LogP contribution is -2.07. The van der Waals surface area contributed by atoms with Crippen molar-refractivity contribution in [1.29, 1.82) is 0 Å². The first-order valence-electron chi connectivity index (χ1n) is 4.03. The van der Waals surface area contributed by atoms with Crippen LogP contribution in [-0.4, -0.2) is 23.2 Å². The molecule has 1 rings (SSSR count). The molecular formula is C8H14N2OS. The zero-order chi connectivity index (χ0) is 8.97. The predicted octanol–water partition coefficient (Wildman–Crippen LogP) is 0.740. The number of rotatable bonds is 4. The summed E-state index contributed by atoms with van der Waals surface area (Å²) in [5.41, 5.74) is 5.52. The summed E-state index contributed by atoms with van der Waals surface area (Å²) in [7, 11) is 0. The molecule has 0 aromatic carbocycles. The number of thiazole rings is 1. The number of hydrogen-bond acceptors (Lipinski definition) is 4. The van der Waals surface area contributed by atoms with Crippen LogP contribution >= 0.6 is 11.3 Å². The van der Waals surface area contributed by atoms with Crippen LogP contribution in [0.3, 0.4) is 0 Å². The van der Waals surface area contributed by atoms with Gasteiger partial charge in [-0.15, -0.1) is 11.3 Å². The van der Waals surface area contributed by atoms with Crippen LogP contribution in [0, 0.1) is 0 Å². The largest absolute Gasteiger partial charge is 0.396 e. The van der Waals surface area contributed by atoms with E-state index in [1.54, 1.807) is 11.3 Å². The maximum Gasteiger partial charge on any atom is 0.0950 e. The van der Waals surface area contributed by atoms with Crippen molar-refractivity contribution in [2.24, 2.45) is 5.73 Å². The van der Waals surface area contributed by atoms with E-state index >= 15 is 0 Å². The second-order valence-electron chi connectivity index (χ2n) is 2.77. The lowest BCUT2D eigenvalue weighted by Gasteiger charge is -2.01. The molecule has 1 aromatic rings. The minimum atomic E-state index is 0.171. The maximum absolute atomic E-state index is 8.67. The zero-order valence-corrected chi connectivity index (χ0v) is 7.97. The number of aliphatic hydroxyl groups is 1. The Hall–Kier alpha value is -0.450. The van der Waals surface area contributed by atoms with Crippen molar-refractivity contribution < 1.29 is 5.11 Å². The lowest BCUT2D eigenvalue weighted by atomic mass is 10.2. The highest BCUT2D eigenvalue weighted by Crippen LogP contribution is 2.21. The molecule has 0 bridgehead atoms. The molecule has 0 amide bonds. The van der Waals surface area contributed by atoms with E-state index in [1.807, 2.05) is 6.20 Å². The first-order valence-corrected chi connectivity index (χ1v) is 4.85. The molecule has 3 N–H and O–H groups in total. The number of aromatic nitrogens is 1. The van der Waals surface area contributed by atoms with Crippen molar-refractivity contribution in [3.63, 3.8) is 0 Å². The van der Waals surface area contributed by atoms with Gasteiger partial charge >= 0.3 is 0 Å². The van der Waals surface area contributed by atoms with E-state index < -0.39 is 0 Å². The minimum absolute atomic E-state index is 0.171. The van der Waals surface area contributed by atoms with Gasteiger partial charge in [0.1, 0.15) is 0 Å². The van der Waals surface area contributed by atoms with E-state index in [-0.39, 0.29) is 6.61 Å². The molecule has 0 aliphatic heterocycles. The van der Waals surface area contributed by atoms with Gasteiger partial charge in [0, 0.05) is 30.0 Å². The Bertz CT molecular complexity index is 237. The number of hydrogen-bond donors (Lipinski definition) is 2. The Morgan fingerprint density at radius 2 is 2.50 bits per heavy atom. The highest BCUT2D eigenvalue weighted by atomic mass is 32.1. The summed E-state index contributed by atoms with van der Waals surface area (Å²) in [6, 6.07) is 0. The smallest absolute Gasteiger partial charge is 0.0950 e. The van der Waals surface area contributed by atoms with Crippen LogP contribution in [0.15, 0.2) is 6.20 Å². The van der Waals surface area contributed by atoms with Gasteiger partial charge in [-0.05, 0) is 6.54 Å². The molecule has 0 saturated heterocycles. The molecule has 1 unspecified atom stereocenters. The molecule has 4 heteroatoms. The van der Waals surface area contributed by atoms with Crippen LogP contribution < -0.4 is 5.73 Å². The number of aliphatic hydroxyl groups excluding tert-OH is 1. The van der Waals surface area contributed by atoms with E-state index in [9.17, 15) is 0 Å². The van der Waals surface area contributed by atoms with Crippen molar-refractivity contribution in [3.05, 3.63) is 16.1 Å². The summed E-state index contributed by atoms with van der Waals surface area (Å²) >= 11 is 1.64. The van der Waals surface area contributed by atoms with Gasteiger partial charge in [-0.25, -0.2) is 4.98 Å². The second kappa shape index (κ2) is 4.54. The number of nitrogens with zero attached hydrogens (tertiary/aromatic N) is 1. The van der Waals surface area contributed by atoms with Crippen molar-refractivity contribution >= 4 is 11.3 Å². The van der Waals surface area contributed by atoms with Crippen LogP contribution in [-0.2, 0) is 6.42 Å². The van der Waals surface area contributed by atoms with Gasteiger partial charge in [-0.1, -0.05) is 6.92 Å². The van der Waals surface area contributed by atoms with Gasteiger partial charge in [0.15, 0.2) is 0 Å². The maximum atomic E-state index is 8.67. The molecule has 0 aliphatic rings. The highest BCUT2D eigenvalue weighted by Gasteiger charge is 2.07. The Morgan fingerprint density at radius 1 is 1.75 bits per heavy atom. The van der Waals surface area contributed by atoms with E-state index in [0.29, 0.717) is 18.9 Å². The molecule has 0 saturated carbocycles. The molecule has 0 radical (unpaired) electrons. The molecule has 1 atom stereocenters. The van der Waals surface area contributed by atoms with E-state index in [0.717, 1.165) is 5.01 Å². The fourth-order valence-corrected chi connectivity index (χ4v) is 1.85. The third-order valence-corrected chi connectivity index (χ3v) is 3.03. The average molecular weight is 186 g/mol. The predicted molar refractivity (Wildman–Crippen MR) is 50.4 cm³/mol. The van der Waals surface area contributed by atoms with Gasteiger partial charge in [0.25, 0.3) is 0 Å². The standard InChI is InChI=1S/C8H14N2OS/c1-6(4-9)7-5-10-8(12-7)2-3-11/h5-6,11H,2-4,9H2,1H3. The Balaban J connectivity index is 2.63. The monoisotopic (exact) mass is 186 g/mol. The van der Waals surface area contributed by atoms with Gasteiger partial charge in [-0.3, -0.25) is 0 Å². The van der Waals surface area contributed by atoms with Crippen molar-refractivity contribution in [2.45, 2.75) is 19.3 Å². The molecule has 0 fully saturated rings. The van der Waals surface area contributed by atoms with E-state index in [4.69, 9.17) is 10.8 Å². The second-order valence-corrected chi connectivity index (χ2v) is 3.91. The third kappa shape index (κ3) is 2.27. The number of nitrogens with two attached hydrogens (primary N) is 1. The topological polar surface area (TPSA) is 59.1 Å². The van der Waals surface area contributed by atoms with Crippen LogP contribution in [0.2, 0.25) is 0 Å². The van der Waals surface area contributed by atoms with Gasteiger partial charge < -0.3 is 10.8 Å². The summed E-state index contributed by atoms with van der Waals surface area (Å²) < 4.78 is 0. The minimum Gasteiger partial charge on any atom is -0.396 e. The lowest BCUT2D eigenvalue weighted by molar-refractivity contribution is 0.299. The van der Waals surface area contributed by atoms with Gasteiger partial charge in [0.05, 0.1) is 5.01 Å². The van der Waals surface area contributed by atoms with E-state index in [2.05, 4.69) is 11.9 Å². The highest BCUT2D eigenvalue weighted by molar-refractivity contribution is 7.11. The van der Waals surface area contributed by atoms with Gasteiger partial charge in [-0.2, -0.15) is 0 Å². The molecule has 0 aliphatic carbocycles. The van der Waals surface area contributed by atoms with E-state index in [1.165, 1.54) is 4.88 Å². The van der Waals surface area contributed by atoms with Gasteiger partial charge in [0.2, 0.25) is 0 Å². The first-order chi connectivity index (χ1) is 5.77. The fraction of sp³-hybridized carbons (Fsp3) is 0.625. The summed E-state index contributed by atoms with van der Waals surface area (Å²) in [5, 5.41) is 9.66. The Labute approximate surface area is 76.3 Å². The summed E-state index contributed by atoms with van der Waals surface area (Å²) in [6.07, 6.45) is 2.51. The molecule has 1 heterocycles. The quantitative estimate of drug-likeness (QED) is 0.729. The Morgan fingerprint density at radius 3 is 3.08 bits per heavy atom. The van der Waals surface area contributed by atoms with Crippen LogP contribution in [0.25, 0.3) is 0 Å². The summed E-state index contributed by atoms with van der Waals surface area (Å²) in [5.74, 6) is 0.384.